The molecule has 1 aromatic heterocycles. The molecule has 4 aromatic carbocycles. The average Bonchev–Trinajstić information content (AvgIpc) is 3.51. The van der Waals surface area contributed by atoms with Crippen LogP contribution in [0.4, 0.5) is 37.7 Å². The standard InChI is InChI=1S/C37H30F6N4O3/c1-2-3-19-50-31-17-15-24(16-18-31)33-25(23-47(46-33)30-13-5-4-6-14-30)20-32(34(48)44-28-11-7-9-26(21-28)36(38,39)40)35(49)45-29-12-8-10-27(22-29)37(41,42)43/h4-18,20-23H,2-3,19H2,1H3,(H,44,48)(H,45,49). The number of hydrogen-bond donors (Lipinski definition) is 2. The zero-order valence-corrected chi connectivity index (χ0v) is 26.5. The monoisotopic (exact) mass is 692 g/mol. The lowest BCUT2D eigenvalue weighted by Gasteiger charge is -2.13. The summed E-state index contributed by atoms with van der Waals surface area (Å²) >= 11 is 0. The average molecular weight is 693 g/mol. The number of rotatable bonds is 11. The number of carbonyl (C=O) groups excluding carboxylic acids is 2. The van der Waals surface area contributed by atoms with Crippen LogP contribution in [0.3, 0.4) is 0 Å². The van der Waals surface area contributed by atoms with Gasteiger partial charge in [0.15, 0.2) is 0 Å². The van der Waals surface area contributed by atoms with Gasteiger partial charge in [-0.15, -0.1) is 0 Å². The second-order valence-electron chi connectivity index (χ2n) is 11.1. The minimum Gasteiger partial charge on any atom is -0.494 e. The van der Waals surface area contributed by atoms with Crippen molar-refractivity contribution in [3.63, 3.8) is 0 Å². The number of ether oxygens (including phenoxy) is 1. The van der Waals surface area contributed by atoms with Crippen molar-refractivity contribution in [2.75, 3.05) is 17.2 Å². The molecule has 7 nitrogen and oxygen atoms in total. The van der Waals surface area contributed by atoms with Gasteiger partial charge in [-0.3, -0.25) is 9.59 Å². The topological polar surface area (TPSA) is 85.2 Å². The van der Waals surface area contributed by atoms with Crippen molar-refractivity contribution >= 4 is 29.3 Å². The first kappa shape index (κ1) is 35.5. The fourth-order valence-electron chi connectivity index (χ4n) is 4.81. The van der Waals surface area contributed by atoms with Crippen LogP contribution in [-0.4, -0.2) is 28.2 Å². The second-order valence-corrected chi connectivity index (χ2v) is 11.1. The number of halogens is 6. The molecule has 0 spiro atoms. The summed E-state index contributed by atoms with van der Waals surface area (Å²) in [6.07, 6.45) is -4.87. The molecule has 0 fully saturated rings. The number of para-hydroxylation sites is 1. The molecule has 258 valence electrons. The summed E-state index contributed by atoms with van der Waals surface area (Å²) in [5, 5.41) is 9.32. The Kier molecular flexibility index (Phi) is 10.7. The summed E-state index contributed by atoms with van der Waals surface area (Å²) in [5.74, 6) is -1.62. The Morgan fingerprint density at radius 3 is 1.84 bits per heavy atom. The Hall–Kier alpha value is -5.85. The fourth-order valence-corrected chi connectivity index (χ4v) is 4.81. The van der Waals surface area contributed by atoms with E-state index in [4.69, 9.17) is 9.84 Å². The first-order valence-electron chi connectivity index (χ1n) is 15.4. The summed E-state index contributed by atoms with van der Waals surface area (Å²) in [4.78, 5) is 27.4. The third-order valence-corrected chi connectivity index (χ3v) is 7.34. The molecule has 5 rings (SSSR count). The van der Waals surface area contributed by atoms with Crippen LogP contribution in [0.5, 0.6) is 5.75 Å². The van der Waals surface area contributed by atoms with E-state index < -0.39 is 40.9 Å². The zero-order valence-electron chi connectivity index (χ0n) is 26.5. The van der Waals surface area contributed by atoms with E-state index in [1.165, 1.54) is 22.9 Å². The number of anilines is 2. The lowest BCUT2D eigenvalue weighted by molar-refractivity contribution is -0.138. The fraction of sp³-hybridized carbons (Fsp3) is 0.162. The number of carbonyl (C=O) groups is 2. The molecule has 0 saturated carbocycles. The molecule has 0 aliphatic carbocycles. The van der Waals surface area contributed by atoms with Crippen molar-refractivity contribution in [3.8, 4) is 22.7 Å². The Balaban J connectivity index is 1.59. The molecule has 5 aromatic rings. The largest absolute Gasteiger partial charge is 0.494 e. The van der Waals surface area contributed by atoms with Gasteiger partial charge in [-0.05, 0) is 85.3 Å². The quantitative estimate of drug-likeness (QED) is 0.0475. The van der Waals surface area contributed by atoms with E-state index in [2.05, 4.69) is 10.6 Å². The van der Waals surface area contributed by atoms with Crippen molar-refractivity contribution in [1.29, 1.82) is 0 Å². The van der Waals surface area contributed by atoms with Crippen LogP contribution in [-0.2, 0) is 21.9 Å². The van der Waals surface area contributed by atoms with Crippen LogP contribution >= 0.6 is 0 Å². The van der Waals surface area contributed by atoms with Crippen LogP contribution in [0, 0.1) is 0 Å². The van der Waals surface area contributed by atoms with Crippen LogP contribution in [0.2, 0.25) is 0 Å². The number of aromatic nitrogens is 2. The van der Waals surface area contributed by atoms with Crippen LogP contribution in [0.15, 0.2) is 115 Å². The molecule has 0 atom stereocenters. The summed E-state index contributed by atoms with van der Waals surface area (Å²) in [6.45, 7) is 2.57. The Bertz CT molecular complexity index is 1910. The van der Waals surface area contributed by atoms with Gasteiger partial charge in [0.25, 0.3) is 11.8 Å². The normalized spacial score (nSPS) is 11.5. The maximum atomic E-state index is 13.7. The highest BCUT2D eigenvalue weighted by Gasteiger charge is 2.32. The lowest BCUT2D eigenvalue weighted by atomic mass is 10.0. The van der Waals surface area contributed by atoms with Crippen LogP contribution < -0.4 is 15.4 Å². The van der Waals surface area contributed by atoms with E-state index in [1.807, 2.05) is 6.92 Å². The second kappa shape index (κ2) is 15.1. The predicted octanol–water partition coefficient (Wildman–Crippen LogP) is 9.42. The Morgan fingerprint density at radius 2 is 1.32 bits per heavy atom. The van der Waals surface area contributed by atoms with Crippen molar-refractivity contribution in [1.82, 2.24) is 9.78 Å². The van der Waals surface area contributed by atoms with Crippen molar-refractivity contribution in [2.24, 2.45) is 0 Å². The third-order valence-electron chi connectivity index (χ3n) is 7.34. The SMILES string of the molecule is CCCCOc1ccc(-c2nn(-c3ccccc3)cc2C=C(C(=O)Nc2cccc(C(F)(F)F)c2)C(=O)Nc2cccc(C(F)(F)F)c2)cc1. The van der Waals surface area contributed by atoms with E-state index in [9.17, 15) is 35.9 Å². The first-order chi connectivity index (χ1) is 23.8. The van der Waals surface area contributed by atoms with Gasteiger partial charge in [0, 0.05) is 28.7 Å². The molecular formula is C37H30F6N4O3. The summed E-state index contributed by atoms with van der Waals surface area (Å²) in [6, 6.07) is 23.5. The molecule has 13 heteroatoms. The van der Waals surface area contributed by atoms with Crippen molar-refractivity contribution < 1.29 is 40.7 Å². The summed E-state index contributed by atoms with van der Waals surface area (Å²) in [5.41, 5.74) is -1.44. The Morgan fingerprint density at radius 1 is 0.760 bits per heavy atom. The van der Waals surface area contributed by atoms with Gasteiger partial charge in [0.1, 0.15) is 11.3 Å². The first-order valence-corrected chi connectivity index (χ1v) is 15.4. The molecule has 0 radical (unpaired) electrons. The third kappa shape index (κ3) is 8.98. The van der Waals surface area contributed by atoms with E-state index >= 15 is 0 Å². The highest BCUT2D eigenvalue weighted by Crippen LogP contribution is 2.33. The van der Waals surface area contributed by atoms with Gasteiger partial charge < -0.3 is 15.4 Å². The summed E-state index contributed by atoms with van der Waals surface area (Å²) in [7, 11) is 0. The van der Waals surface area contributed by atoms with E-state index in [1.54, 1.807) is 60.8 Å². The van der Waals surface area contributed by atoms with Gasteiger partial charge in [-0.2, -0.15) is 31.4 Å². The van der Waals surface area contributed by atoms with Gasteiger partial charge in [0.2, 0.25) is 0 Å². The van der Waals surface area contributed by atoms with Gasteiger partial charge >= 0.3 is 12.4 Å². The van der Waals surface area contributed by atoms with Crippen molar-refractivity contribution in [3.05, 3.63) is 132 Å². The lowest BCUT2D eigenvalue weighted by Crippen LogP contribution is -2.25. The molecule has 50 heavy (non-hydrogen) atoms. The van der Waals surface area contributed by atoms with Crippen LogP contribution in [0.25, 0.3) is 23.0 Å². The number of unbranched alkanes of at least 4 members (excludes halogenated alkanes) is 1. The number of hydrogen-bond acceptors (Lipinski definition) is 4. The highest BCUT2D eigenvalue weighted by atomic mass is 19.4. The van der Waals surface area contributed by atoms with Gasteiger partial charge in [0.05, 0.1) is 29.1 Å². The van der Waals surface area contributed by atoms with Crippen LogP contribution in [0.1, 0.15) is 36.5 Å². The minimum absolute atomic E-state index is 0.252. The van der Waals surface area contributed by atoms with Crippen molar-refractivity contribution in [2.45, 2.75) is 32.1 Å². The minimum atomic E-state index is -4.71. The maximum Gasteiger partial charge on any atom is 0.416 e. The molecule has 2 N–H and O–H groups in total. The summed E-state index contributed by atoms with van der Waals surface area (Å²) < 4.78 is 87.7. The maximum absolute atomic E-state index is 13.7. The van der Waals surface area contributed by atoms with E-state index in [0.717, 1.165) is 37.1 Å². The molecule has 0 bridgehead atoms. The molecule has 1 heterocycles. The number of nitrogens with zero attached hydrogens (tertiary/aromatic N) is 2. The molecule has 0 aliphatic rings. The molecular weight excluding hydrogens is 662 g/mol. The predicted molar refractivity (Wildman–Crippen MR) is 178 cm³/mol. The smallest absolute Gasteiger partial charge is 0.416 e. The molecule has 0 aliphatic heterocycles. The number of alkyl halides is 6. The number of amides is 2. The van der Waals surface area contributed by atoms with Gasteiger partial charge in [-0.25, -0.2) is 4.68 Å². The number of nitrogens with one attached hydrogen (secondary N) is 2. The van der Waals surface area contributed by atoms with Gasteiger partial charge in [-0.1, -0.05) is 43.7 Å². The molecule has 0 saturated heterocycles. The van der Waals surface area contributed by atoms with E-state index in [-0.39, 0.29) is 16.9 Å². The Labute approximate surface area is 283 Å². The molecule has 2 amide bonds. The number of benzene rings is 4. The molecule has 0 unspecified atom stereocenters. The zero-order chi connectivity index (χ0) is 35.9. The highest BCUT2D eigenvalue weighted by molar-refractivity contribution is 6.29. The van der Waals surface area contributed by atoms with E-state index in [0.29, 0.717) is 41.4 Å².